The normalized spacial score (nSPS) is 16.3. The average molecular weight is 475 g/mol. The fraction of sp³-hybridized carbons (Fsp3) is 0.458. The molecule has 1 fully saturated rings. The number of ether oxygens (including phenoxy) is 1. The van der Waals surface area contributed by atoms with Gasteiger partial charge in [0, 0.05) is 18.3 Å². The van der Waals surface area contributed by atoms with Gasteiger partial charge in [-0.15, -0.1) is 0 Å². The summed E-state index contributed by atoms with van der Waals surface area (Å²) in [5.41, 5.74) is 7.22. The largest absolute Gasteiger partial charge is 0.457 e. The van der Waals surface area contributed by atoms with Crippen molar-refractivity contribution < 1.29 is 17.9 Å². The van der Waals surface area contributed by atoms with Crippen molar-refractivity contribution in [2.24, 2.45) is 5.73 Å². The molecule has 0 saturated carbocycles. The molecule has 0 radical (unpaired) electrons. The van der Waals surface area contributed by atoms with Crippen molar-refractivity contribution >= 4 is 21.6 Å². The van der Waals surface area contributed by atoms with Gasteiger partial charge in [-0.1, -0.05) is 25.5 Å². The van der Waals surface area contributed by atoms with E-state index in [0.29, 0.717) is 17.5 Å². The highest BCUT2D eigenvalue weighted by molar-refractivity contribution is 7.92. The van der Waals surface area contributed by atoms with Crippen LogP contribution in [0.4, 0.5) is 5.69 Å². The summed E-state index contributed by atoms with van der Waals surface area (Å²) < 4.78 is 30.9. The maximum Gasteiger partial charge on any atom is 0.234 e. The fourth-order valence-corrected chi connectivity index (χ4v) is 4.57. The van der Waals surface area contributed by atoms with Crippen LogP contribution in [0.5, 0.6) is 11.5 Å². The van der Waals surface area contributed by atoms with E-state index in [1.54, 1.807) is 24.3 Å². The maximum atomic E-state index is 11.6. The topological polar surface area (TPSA) is 114 Å². The van der Waals surface area contributed by atoms with Crippen LogP contribution in [0.1, 0.15) is 38.2 Å². The molecule has 33 heavy (non-hydrogen) atoms. The molecule has 0 bridgehead atoms. The first kappa shape index (κ1) is 25.0. The molecular formula is C24H34N4O4S. The number of piperidine rings is 1. The third-order valence-electron chi connectivity index (χ3n) is 5.67. The Morgan fingerprint density at radius 1 is 1.09 bits per heavy atom. The second-order valence-corrected chi connectivity index (χ2v) is 10.4. The molecule has 1 aliphatic heterocycles. The van der Waals surface area contributed by atoms with Gasteiger partial charge in [-0.2, -0.15) is 0 Å². The molecule has 1 amide bonds. The standard InChI is InChI=1S/C24H34N4O4S/c1-3-4-23(24(25)29)26-19-13-15-28(16-14-19)17-18-5-9-21(10-6-18)32-22-11-7-20(8-12-22)27-33(2,30)31/h5-12,19,23,26-27H,3-4,13-17H2,1-2H3,(H2,25,29). The smallest absolute Gasteiger partial charge is 0.234 e. The molecule has 1 unspecified atom stereocenters. The number of carbonyl (C=O) groups is 1. The lowest BCUT2D eigenvalue weighted by atomic mass is 10.0. The van der Waals surface area contributed by atoms with Crippen molar-refractivity contribution in [3.63, 3.8) is 0 Å². The summed E-state index contributed by atoms with van der Waals surface area (Å²) in [6, 6.07) is 14.9. The van der Waals surface area contributed by atoms with E-state index >= 15 is 0 Å². The van der Waals surface area contributed by atoms with Gasteiger partial charge in [-0.05, 0) is 74.3 Å². The first-order chi connectivity index (χ1) is 15.7. The molecule has 8 nitrogen and oxygen atoms in total. The van der Waals surface area contributed by atoms with Gasteiger partial charge >= 0.3 is 0 Å². The Hall–Kier alpha value is -2.62. The zero-order chi connectivity index (χ0) is 23.8. The number of benzene rings is 2. The number of nitrogens with two attached hydrogens (primary N) is 1. The Bertz CT molecular complexity index is 1000. The first-order valence-corrected chi connectivity index (χ1v) is 13.2. The van der Waals surface area contributed by atoms with Crippen LogP contribution in [-0.2, 0) is 21.4 Å². The van der Waals surface area contributed by atoms with E-state index < -0.39 is 10.0 Å². The number of nitrogens with zero attached hydrogens (tertiary/aromatic N) is 1. The molecule has 0 aromatic heterocycles. The number of carbonyl (C=O) groups excluding carboxylic acids is 1. The van der Waals surface area contributed by atoms with Gasteiger partial charge < -0.3 is 15.8 Å². The summed E-state index contributed by atoms with van der Waals surface area (Å²) in [5.74, 6) is 1.09. The third kappa shape index (κ3) is 8.34. The van der Waals surface area contributed by atoms with Crippen LogP contribution in [0.15, 0.2) is 48.5 Å². The lowest BCUT2D eigenvalue weighted by Gasteiger charge is -2.34. The van der Waals surface area contributed by atoms with E-state index in [-0.39, 0.29) is 11.9 Å². The van der Waals surface area contributed by atoms with Gasteiger partial charge in [0.05, 0.1) is 12.3 Å². The third-order valence-corrected chi connectivity index (χ3v) is 6.27. The van der Waals surface area contributed by atoms with Crippen molar-refractivity contribution in [1.29, 1.82) is 0 Å². The summed E-state index contributed by atoms with van der Waals surface area (Å²) in [6.45, 7) is 4.88. The molecule has 1 heterocycles. The van der Waals surface area contributed by atoms with Gasteiger partial charge in [0.15, 0.2) is 0 Å². The molecule has 9 heteroatoms. The number of sulfonamides is 1. The Kier molecular flexibility index (Phi) is 8.71. The van der Waals surface area contributed by atoms with Crippen molar-refractivity contribution in [2.75, 3.05) is 24.1 Å². The minimum Gasteiger partial charge on any atom is -0.457 e. The predicted molar refractivity (Wildman–Crippen MR) is 131 cm³/mol. The average Bonchev–Trinajstić information content (AvgIpc) is 2.76. The molecule has 2 aromatic carbocycles. The molecule has 0 spiro atoms. The van der Waals surface area contributed by atoms with Crippen LogP contribution in [0.25, 0.3) is 0 Å². The lowest BCUT2D eigenvalue weighted by Crippen LogP contribution is -2.50. The summed E-state index contributed by atoms with van der Waals surface area (Å²) >= 11 is 0. The van der Waals surface area contributed by atoms with Crippen molar-refractivity contribution in [3.05, 3.63) is 54.1 Å². The minimum absolute atomic E-state index is 0.230. The number of primary amides is 1. The van der Waals surface area contributed by atoms with Crippen molar-refractivity contribution in [2.45, 2.75) is 51.2 Å². The van der Waals surface area contributed by atoms with Crippen LogP contribution in [-0.4, -0.2) is 50.7 Å². The predicted octanol–water partition coefficient (Wildman–Crippen LogP) is 3.06. The van der Waals surface area contributed by atoms with Gasteiger partial charge in [-0.25, -0.2) is 8.42 Å². The molecule has 4 N–H and O–H groups in total. The van der Waals surface area contributed by atoms with Crippen LogP contribution < -0.4 is 20.5 Å². The summed E-state index contributed by atoms with van der Waals surface area (Å²) in [5, 5.41) is 3.43. The number of rotatable bonds is 11. The second-order valence-electron chi connectivity index (χ2n) is 8.61. The Labute approximate surface area is 196 Å². The molecule has 1 aliphatic rings. The van der Waals surface area contributed by atoms with Gasteiger partial charge in [0.2, 0.25) is 15.9 Å². The molecule has 2 aromatic rings. The molecule has 0 aliphatic carbocycles. The van der Waals surface area contributed by atoms with Crippen molar-refractivity contribution in [1.82, 2.24) is 10.2 Å². The molecular weight excluding hydrogens is 440 g/mol. The SMILES string of the molecule is CCCC(NC1CCN(Cc2ccc(Oc3ccc(NS(C)(=O)=O)cc3)cc2)CC1)C(N)=O. The Balaban J connectivity index is 1.46. The number of hydrogen-bond acceptors (Lipinski definition) is 6. The van der Waals surface area contributed by atoms with E-state index in [9.17, 15) is 13.2 Å². The monoisotopic (exact) mass is 474 g/mol. The molecule has 1 saturated heterocycles. The van der Waals surface area contributed by atoms with Crippen LogP contribution in [0.2, 0.25) is 0 Å². The number of hydrogen-bond donors (Lipinski definition) is 3. The van der Waals surface area contributed by atoms with E-state index in [4.69, 9.17) is 10.5 Å². The summed E-state index contributed by atoms with van der Waals surface area (Å²) in [7, 11) is -3.30. The summed E-state index contributed by atoms with van der Waals surface area (Å²) in [6.07, 6.45) is 4.83. The fourth-order valence-electron chi connectivity index (χ4n) is 4.00. The number of nitrogens with one attached hydrogen (secondary N) is 2. The van der Waals surface area contributed by atoms with Gasteiger partial charge in [-0.3, -0.25) is 14.4 Å². The second kappa shape index (κ2) is 11.5. The Morgan fingerprint density at radius 3 is 2.18 bits per heavy atom. The van der Waals surface area contributed by atoms with Gasteiger partial charge in [0.25, 0.3) is 0 Å². The molecule has 1 atom stereocenters. The summed E-state index contributed by atoms with van der Waals surface area (Å²) in [4.78, 5) is 14.0. The van der Waals surface area contributed by atoms with Crippen LogP contribution >= 0.6 is 0 Å². The lowest BCUT2D eigenvalue weighted by molar-refractivity contribution is -0.120. The molecule has 3 rings (SSSR count). The highest BCUT2D eigenvalue weighted by Gasteiger charge is 2.23. The first-order valence-electron chi connectivity index (χ1n) is 11.3. The zero-order valence-electron chi connectivity index (χ0n) is 19.3. The number of likely N-dealkylation sites (tertiary alicyclic amines) is 1. The zero-order valence-corrected chi connectivity index (χ0v) is 20.1. The van der Waals surface area contributed by atoms with Crippen LogP contribution in [0, 0.1) is 0 Å². The Morgan fingerprint density at radius 2 is 1.67 bits per heavy atom. The van der Waals surface area contributed by atoms with E-state index in [1.165, 1.54) is 5.56 Å². The van der Waals surface area contributed by atoms with E-state index in [2.05, 4.69) is 34.0 Å². The quantitative estimate of drug-likeness (QED) is 0.461. The van der Waals surface area contributed by atoms with Crippen LogP contribution in [0.3, 0.4) is 0 Å². The van der Waals surface area contributed by atoms with Gasteiger partial charge in [0.1, 0.15) is 11.5 Å². The number of amides is 1. The highest BCUT2D eigenvalue weighted by atomic mass is 32.2. The highest BCUT2D eigenvalue weighted by Crippen LogP contribution is 2.24. The minimum atomic E-state index is -3.30. The number of anilines is 1. The van der Waals surface area contributed by atoms with Crippen molar-refractivity contribution in [3.8, 4) is 11.5 Å². The maximum absolute atomic E-state index is 11.6. The molecule has 180 valence electrons. The van der Waals surface area contributed by atoms with E-state index in [1.807, 2.05) is 12.1 Å². The van der Waals surface area contributed by atoms with E-state index in [0.717, 1.165) is 57.3 Å².